The molecular weight excluding hydrogens is 215 g/mol. The minimum absolute atomic E-state index is 0.278. The van der Waals surface area contributed by atoms with Gasteiger partial charge in [-0.2, -0.15) is 0 Å². The SMILES string of the molecule is CC(=CC(=O)O)CSc1cccc(F)c1. The van der Waals surface area contributed by atoms with Gasteiger partial charge in [0.15, 0.2) is 0 Å². The van der Waals surface area contributed by atoms with E-state index in [0.717, 1.165) is 16.5 Å². The van der Waals surface area contributed by atoms with Crippen LogP contribution in [-0.2, 0) is 4.79 Å². The van der Waals surface area contributed by atoms with Gasteiger partial charge in [-0.1, -0.05) is 11.6 Å². The standard InChI is InChI=1S/C11H11FO2S/c1-8(5-11(13)14)7-15-10-4-2-3-9(12)6-10/h2-6H,7H2,1H3,(H,13,14). The minimum Gasteiger partial charge on any atom is -0.478 e. The largest absolute Gasteiger partial charge is 0.478 e. The monoisotopic (exact) mass is 226 g/mol. The molecule has 0 spiro atoms. The quantitative estimate of drug-likeness (QED) is 0.633. The van der Waals surface area contributed by atoms with Crippen molar-refractivity contribution in [2.24, 2.45) is 0 Å². The highest BCUT2D eigenvalue weighted by atomic mass is 32.2. The Morgan fingerprint density at radius 1 is 1.60 bits per heavy atom. The van der Waals surface area contributed by atoms with Crippen LogP contribution in [-0.4, -0.2) is 16.8 Å². The lowest BCUT2D eigenvalue weighted by Crippen LogP contribution is -1.91. The second-order valence-electron chi connectivity index (χ2n) is 3.07. The molecule has 15 heavy (non-hydrogen) atoms. The molecule has 0 saturated carbocycles. The van der Waals surface area contributed by atoms with Crippen LogP contribution in [0.3, 0.4) is 0 Å². The first kappa shape index (κ1) is 11.8. The molecular formula is C11H11FO2S. The average Bonchev–Trinajstić information content (AvgIpc) is 2.14. The summed E-state index contributed by atoms with van der Waals surface area (Å²) in [7, 11) is 0. The third-order valence-corrected chi connectivity index (χ3v) is 2.82. The summed E-state index contributed by atoms with van der Waals surface area (Å²) in [6, 6.07) is 6.23. The fourth-order valence-corrected chi connectivity index (χ4v) is 1.85. The molecule has 0 radical (unpaired) electrons. The average molecular weight is 226 g/mol. The first-order chi connectivity index (χ1) is 7.08. The number of carboxylic acids is 1. The summed E-state index contributed by atoms with van der Waals surface area (Å²) in [4.78, 5) is 11.1. The van der Waals surface area contributed by atoms with Gasteiger partial charge < -0.3 is 5.11 Å². The van der Waals surface area contributed by atoms with Gasteiger partial charge in [-0.25, -0.2) is 9.18 Å². The number of hydrogen-bond acceptors (Lipinski definition) is 2. The number of halogens is 1. The third-order valence-electron chi connectivity index (χ3n) is 1.63. The molecule has 0 saturated heterocycles. The minimum atomic E-state index is -0.952. The van der Waals surface area contributed by atoms with Crippen molar-refractivity contribution in [3.63, 3.8) is 0 Å². The molecule has 0 atom stereocenters. The highest BCUT2D eigenvalue weighted by molar-refractivity contribution is 7.99. The van der Waals surface area contributed by atoms with E-state index in [-0.39, 0.29) is 5.82 Å². The summed E-state index contributed by atoms with van der Waals surface area (Å²) >= 11 is 1.41. The van der Waals surface area contributed by atoms with Crippen LogP contribution in [0.4, 0.5) is 4.39 Å². The van der Waals surface area contributed by atoms with E-state index in [1.807, 2.05) is 0 Å². The van der Waals surface area contributed by atoms with Crippen LogP contribution in [0.25, 0.3) is 0 Å². The van der Waals surface area contributed by atoms with Crippen molar-refractivity contribution in [3.05, 3.63) is 41.7 Å². The van der Waals surface area contributed by atoms with Gasteiger partial charge in [0.05, 0.1) is 0 Å². The van der Waals surface area contributed by atoms with Crippen molar-refractivity contribution in [3.8, 4) is 0 Å². The van der Waals surface area contributed by atoms with Crippen LogP contribution in [0.5, 0.6) is 0 Å². The van der Waals surface area contributed by atoms with E-state index in [9.17, 15) is 9.18 Å². The van der Waals surface area contributed by atoms with E-state index in [2.05, 4.69) is 0 Å². The highest BCUT2D eigenvalue weighted by Crippen LogP contribution is 2.20. The summed E-state index contributed by atoms with van der Waals surface area (Å²) in [5, 5.41) is 8.48. The Morgan fingerprint density at radius 3 is 2.93 bits per heavy atom. The first-order valence-corrected chi connectivity index (χ1v) is 5.35. The van der Waals surface area contributed by atoms with Crippen molar-refractivity contribution in [2.45, 2.75) is 11.8 Å². The smallest absolute Gasteiger partial charge is 0.328 e. The lowest BCUT2D eigenvalue weighted by molar-refractivity contribution is -0.131. The Bertz CT molecular complexity index is 388. The molecule has 0 fully saturated rings. The zero-order chi connectivity index (χ0) is 11.3. The van der Waals surface area contributed by atoms with E-state index in [4.69, 9.17) is 5.11 Å². The van der Waals surface area contributed by atoms with Crippen LogP contribution in [0, 0.1) is 5.82 Å². The van der Waals surface area contributed by atoms with Crippen molar-refractivity contribution in [1.82, 2.24) is 0 Å². The van der Waals surface area contributed by atoms with Crippen LogP contribution >= 0.6 is 11.8 Å². The Morgan fingerprint density at radius 2 is 2.33 bits per heavy atom. The van der Waals surface area contributed by atoms with Gasteiger partial charge in [-0.05, 0) is 25.1 Å². The lowest BCUT2D eigenvalue weighted by Gasteiger charge is -2.01. The van der Waals surface area contributed by atoms with E-state index >= 15 is 0 Å². The molecule has 0 bridgehead atoms. The summed E-state index contributed by atoms with van der Waals surface area (Å²) in [5.74, 6) is -0.678. The van der Waals surface area contributed by atoms with Gasteiger partial charge >= 0.3 is 5.97 Å². The summed E-state index contributed by atoms with van der Waals surface area (Å²) < 4.78 is 12.8. The maximum Gasteiger partial charge on any atom is 0.328 e. The molecule has 0 amide bonds. The van der Waals surface area contributed by atoms with Gasteiger partial charge in [0.2, 0.25) is 0 Å². The van der Waals surface area contributed by atoms with Crippen LogP contribution in [0.1, 0.15) is 6.92 Å². The fourth-order valence-electron chi connectivity index (χ4n) is 1.01. The lowest BCUT2D eigenvalue weighted by atomic mass is 10.3. The molecule has 1 N–H and O–H groups in total. The van der Waals surface area contributed by atoms with Crippen LogP contribution in [0.15, 0.2) is 40.8 Å². The second kappa shape index (κ2) is 5.56. The predicted molar refractivity (Wildman–Crippen MR) is 58.5 cm³/mol. The number of carboxylic acid groups (broad SMARTS) is 1. The second-order valence-corrected chi connectivity index (χ2v) is 4.12. The summed E-state index contributed by atoms with van der Waals surface area (Å²) in [6.45, 7) is 1.74. The Hall–Kier alpha value is -1.29. The van der Waals surface area contributed by atoms with E-state index in [1.165, 1.54) is 23.9 Å². The maximum atomic E-state index is 12.8. The highest BCUT2D eigenvalue weighted by Gasteiger charge is 1.98. The number of rotatable bonds is 4. The van der Waals surface area contributed by atoms with Gasteiger partial charge in [0.1, 0.15) is 5.82 Å². The molecule has 0 aliphatic carbocycles. The zero-order valence-corrected chi connectivity index (χ0v) is 9.05. The fraction of sp³-hybridized carbons (Fsp3) is 0.182. The van der Waals surface area contributed by atoms with Crippen molar-refractivity contribution >= 4 is 17.7 Å². The topological polar surface area (TPSA) is 37.3 Å². The summed E-state index contributed by atoms with van der Waals surface area (Å²) in [6.07, 6.45) is 1.16. The Balaban J connectivity index is 2.54. The summed E-state index contributed by atoms with van der Waals surface area (Å²) in [5.41, 5.74) is 0.747. The van der Waals surface area contributed by atoms with Crippen LogP contribution in [0.2, 0.25) is 0 Å². The van der Waals surface area contributed by atoms with Crippen molar-refractivity contribution < 1.29 is 14.3 Å². The maximum absolute atomic E-state index is 12.8. The molecule has 0 aliphatic rings. The molecule has 0 aromatic heterocycles. The molecule has 80 valence electrons. The van der Waals surface area contributed by atoms with Gasteiger partial charge in [0.25, 0.3) is 0 Å². The number of hydrogen-bond donors (Lipinski definition) is 1. The Kier molecular flexibility index (Phi) is 4.37. The number of aliphatic carboxylic acids is 1. The van der Waals surface area contributed by atoms with Gasteiger partial charge in [-0.3, -0.25) is 0 Å². The molecule has 1 aromatic rings. The van der Waals surface area contributed by atoms with Gasteiger partial charge in [0, 0.05) is 16.7 Å². The van der Waals surface area contributed by atoms with E-state index in [1.54, 1.807) is 19.1 Å². The predicted octanol–water partition coefficient (Wildman–Crippen LogP) is 2.95. The normalized spacial score (nSPS) is 11.5. The van der Waals surface area contributed by atoms with E-state index < -0.39 is 5.97 Å². The van der Waals surface area contributed by atoms with Crippen molar-refractivity contribution in [1.29, 1.82) is 0 Å². The van der Waals surface area contributed by atoms with Crippen molar-refractivity contribution in [2.75, 3.05) is 5.75 Å². The molecule has 0 unspecified atom stereocenters. The third kappa shape index (κ3) is 4.65. The molecule has 4 heteroatoms. The molecule has 2 nitrogen and oxygen atoms in total. The number of carbonyl (C=O) groups is 1. The van der Waals surface area contributed by atoms with Gasteiger partial charge in [-0.15, -0.1) is 11.8 Å². The van der Waals surface area contributed by atoms with E-state index in [0.29, 0.717) is 5.75 Å². The Labute approximate surface area is 91.8 Å². The number of benzene rings is 1. The zero-order valence-electron chi connectivity index (χ0n) is 8.24. The molecule has 0 aliphatic heterocycles. The number of thioether (sulfide) groups is 1. The van der Waals surface area contributed by atoms with Crippen LogP contribution < -0.4 is 0 Å². The molecule has 0 heterocycles. The first-order valence-electron chi connectivity index (χ1n) is 4.36. The molecule has 1 rings (SSSR count). The molecule has 1 aromatic carbocycles.